The number of Topliss-reactive ketones (excluding diaryl/α,β-unsaturated/α-hetero) is 1. The van der Waals surface area contributed by atoms with Crippen LogP contribution in [0.5, 0.6) is 0 Å². The molecule has 0 fully saturated rings. The number of fused-ring (bicyclic) bond motifs is 1. The largest absolute Gasteiger partial charge is 0.355 e. The van der Waals surface area contributed by atoms with Crippen LogP contribution in [0.2, 0.25) is 0 Å². The Morgan fingerprint density at radius 1 is 1.00 bits per heavy atom. The summed E-state index contributed by atoms with van der Waals surface area (Å²) in [5.41, 5.74) is 3.50. The predicted molar refractivity (Wildman–Crippen MR) is 108 cm³/mol. The Kier molecular flexibility index (Phi) is 6.77. The molecule has 1 unspecified atom stereocenters. The molecule has 2 aromatic rings. The van der Waals surface area contributed by atoms with Gasteiger partial charge < -0.3 is 5.32 Å². The standard InChI is InChI=1S/C23H28N2O2/c1-2-21(25-15-14-18-8-6-7-11-20(18)17-25)16-24-23(27)13-12-22(26)19-9-4-3-5-10-19/h3-11,21H,2,12-17H2,1H3,(H,24,27). The van der Waals surface area contributed by atoms with E-state index in [-0.39, 0.29) is 24.5 Å². The zero-order chi connectivity index (χ0) is 19.1. The highest BCUT2D eigenvalue weighted by Crippen LogP contribution is 2.21. The fraction of sp³-hybridized carbons (Fsp3) is 0.391. The Morgan fingerprint density at radius 2 is 1.70 bits per heavy atom. The van der Waals surface area contributed by atoms with Gasteiger partial charge in [-0.2, -0.15) is 0 Å². The predicted octanol–water partition coefficient (Wildman–Crippen LogP) is 3.60. The van der Waals surface area contributed by atoms with Gasteiger partial charge in [-0.15, -0.1) is 0 Å². The number of carbonyl (C=O) groups is 2. The topological polar surface area (TPSA) is 49.4 Å². The molecule has 3 rings (SSSR count). The monoisotopic (exact) mass is 364 g/mol. The van der Waals surface area contributed by atoms with E-state index in [0.29, 0.717) is 18.2 Å². The van der Waals surface area contributed by atoms with Gasteiger partial charge in [0.15, 0.2) is 5.78 Å². The fourth-order valence-electron chi connectivity index (χ4n) is 3.68. The number of hydrogen-bond acceptors (Lipinski definition) is 3. The minimum Gasteiger partial charge on any atom is -0.355 e. The normalized spacial score (nSPS) is 15.0. The summed E-state index contributed by atoms with van der Waals surface area (Å²) >= 11 is 0. The van der Waals surface area contributed by atoms with E-state index >= 15 is 0 Å². The quantitative estimate of drug-likeness (QED) is 0.728. The van der Waals surface area contributed by atoms with E-state index in [9.17, 15) is 9.59 Å². The van der Waals surface area contributed by atoms with Crippen LogP contribution in [0.4, 0.5) is 0 Å². The van der Waals surface area contributed by atoms with Crippen molar-refractivity contribution in [2.75, 3.05) is 13.1 Å². The average molecular weight is 364 g/mol. The summed E-state index contributed by atoms with van der Waals surface area (Å²) in [6.07, 6.45) is 2.55. The van der Waals surface area contributed by atoms with Crippen LogP contribution in [-0.2, 0) is 17.8 Å². The zero-order valence-electron chi connectivity index (χ0n) is 16.0. The van der Waals surface area contributed by atoms with E-state index in [1.54, 1.807) is 12.1 Å². The van der Waals surface area contributed by atoms with Gasteiger partial charge in [0.2, 0.25) is 5.91 Å². The highest BCUT2D eigenvalue weighted by atomic mass is 16.2. The SMILES string of the molecule is CCC(CNC(=O)CCC(=O)c1ccccc1)N1CCc2ccccc2C1. The molecule has 1 N–H and O–H groups in total. The molecule has 1 amide bonds. The molecule has 0 spiro atoms. The van der Waals surface area contributed by atoms with Crippen LogP contribution in [0.1, 0.15) is 47.7 Å². The smallest absolute Gasteiger partial charge is 0.220 e. The first-order valence-corrected chi connectivity index (χ1v) is 9.83. The van der Waals surface area contributed by atoms with Crippen LogP contribution in [0, 0.1) is 0 Å². The summed E-state index contributed by atoms with van der Waals surface area (Å²) < 4.78 is 0. The lowest BCUT2D eigenvalue weighted by Gasteiger charge is -2.35. The van der Waals surface area contributed by atoms with Gasteiger partial charge in [0, 0.05) is 44.1 Å². The summed E-state index contributed by atoms with van der Waals surface area (Å²) in [5.74, 6) is -0.0273. The van der Waals surface area contributed by atoms with Gasteiger partial charge in [-0.05, 0) is 24.0 Å². The number of nitrogens with one attached hydrogen (secondary N) is 1. The Bertz CT molecular complexity index is 773. The highest BCUT2D eigenvalue weighted by molar-refractivity contribution is 5.97. The maximum absolute atomic E-state index is 12.2. The highest BCUT2D eigenvalue weighted by Gasteiger charge is 2.22. The van der Waals surface area contributed by atoms with Crippen LogP contribution in [0.3, 0.4) is 0 Å². The third-order valence-electron chi connectivity index (χ3n) is 5.36. The van der Waals surface area contributed by atoms with Crippen LogP contribution < -0.4 is 5.32 Å². The van der Waals surface area contributed by atoms with Gasteiger partial charge in [0.05, 0.1) is 0 Å². The minimum absolute atomic E-state index is 0.0189. The first-order valence-electron chi connectivity index (χ1n) is 9.83. The molecule has 0 aromatic heterocycles. The van der Waals surface area contributed by atoms with Crippen molar-refractivity contribution in [1.82, 2.24) is 10.2 Å². The molecule has 1 aliphatic rings. The molecule has 0 saturated carbocycles. The van der Waals surface area contributed by atoms with Crippen LogP contribution in [0.15, 0.2) is 54.6 Å². The Hall–Kier alpha value is -2.46. The van der Waals surface area contributed by atoms with E-state index in [1.165, 1.54) is 11.1 Å². The Morgan fingerprint density at radius 3 is 2.44 bits per heavy atom. The van der Waals surface area contributed by atoms with E-state index in [4.69, 9.17) is 0 Å². The van der Waals surface area contributed by atoms with E-state index in [1.807, 2.05) is 18.2 Å². The summed E-state index contributed by atoms with van der Waals surface area (Å²) in [7, 11) is 0. The number of nitrogens with zero attached hydrogens (tertiary/aromatic N) is 1. The third kappa shape index (κ3) is 5.27. The van der Waals surface area contributed by atoms with Crippen molar-refractivity contribution in [3.63, 3.8) is 0 Å². The van der Waals surface area contributed by atoms with Crippen molar-refractivity contribution in [2.45, 2.75) is 45.2 Å². The third-order valence-corrected chi connectivity index (χ3v) is 5.36. The van der Waals surface area contributed by atoms with Crippen molar-refractivity contribution in [2.24, 2.45) is 0 Å². The maximum atomic E-state index is 12.2. The summed E-state index contributed by atoms with van der Waals surface area (Å²) in [5, 5.41) is 3.03. The van der Waals surface area contributed by atoms with E-state index < -0.39 is 0 Å². The number of ketones is 1. The maximum Gasteiger partial charge on any atom is 0.220 e. The van der Waals surface area contributed by atoms with E-state index in [2.05, 4.69) is 41.4 Å². The molecule has 1 aliphatic heterocycles. The molecule has 27 heavy (non-hydrogen) atoms. The lowest BCUT2D eigenvalue weighted by atomic mass is 9.98. The molecule has 4 nitrogen and oxygen atoms in total. The molecule has 2 aromatic carbocycles. The molecular weight excluding hydrogens is 336 g/mol. The van der Waals surface area contributed by atoms with Gasteiger partial charge in [-0.25, -0.2) is 0 Å². The second-order valence-corrected chi connectivity index (χ2v) is 7.14. The number of amides is 1. The van der Waals surface area contributed by atoms with E-state index in [0.717, 1.165) is 25.9 Å². The second-order valence-electron chi connectivity index (χ2n) is 7.14. The first kappa shape index (κ1) is 19.3. The minimum atomic E-state index is -0.0462. The van der Waals surface area contributed by atoms with Crippen molar-refractivity contribution in [3.05, 3.63) is 71.3 Å². The lowest BCUT2D eigenvalue weighted by Crippen LogP contribution is -2.45. The molecular formula is C23H28N2O2. The Labute approximate surface area is 161 Å². The van der Waals surface area contributed by atoms with Crippen molar-refractivity contribution >= 4 is 11.7 Å². The molecule has 1 heterocycles. The average Bonchev–Trinajstić information content (AvgIpc) is 2.73. The van der Waals surface area contributed by atoms with Gasteiger partial charge in [-0.1, -0.05) is 61.5 Å². The molecule has 4 heteroatoms. The van der Waals surface area contributed by atoms with Crippen molar-refractivity contribution in [3.8, 4) is 0 Å². The second kappa shape index (κ2) is 9.47. The fourth-order valence-corrected chi connectivity index (χ4v) is 3.68. The summed E-state index contributed by atoms with van der Waals surface area (Å²) in [6, 6.07) is 18.1. The van der Waals surface area contributed by atoms with Gasteiger partial charge in [-0.3, -0.25) is 14.5 Å². The van der Waals surface area contributed by atoms with Crippen molar-refractivity contribution < 1.29 is 9.59 Å². The number of benzene rings is 2. The van der Waals surface area contributed by atoms with Crippen LogP contribution in [0.25, 0.3) is 0 Å². The molecule has 0 bridgehead atoms. The molecule has 142 valence electrons. The lowest BCUT2D eigenvalue weighted by molar-refractivity contribution is -0.121. The van der Waals surface area contributed by atoms with Crippen LogP contribution >= 0.6 is 0 Å². The Balaban J connectivity index is 1.45. The summed E-state index contributed by atoms with van der Waals surface area (Å²) in [4.78, 5) is 26.8. The first-order chi connectivity index (χ1) is 13.2. The molecule has 1 atom stereocenters. The summed E-state index contributed by atoms with van der Waals surface area (Å²) in [6.45, 7) is 4.77. The number of rotatable bonds is 8. The number of hydrogen-bond donors (Lipinski definition) is 1. The number of carbonyl (C=O) groups excluding carboxylic acids is 2. The van der Waals surface area contributed by atoms with Gasteiger partial charge in [0.25, 0.3) is 0 Å². The molecule has 0 aliphatic carbocycles. The van der Waals surface area contributed by atoms with Crippen molar-refractivity contribution in [1.29, 1.82) is 0 Å². The van der Waals surface area contributed by atoms with Gasteiger partial charge >= 0.3 is 0 Å². The molecule has 0 saturated heterocycles. The van der Waals surface area contributed by atoms with Gasteiger partial charge in [0.1, 0.15) is 0 Å². The van der Waals surface area contributed by atoms with Crippen LogP contribution in [-0.4, -0.2) is 35.7 Å². The molecule has 0 radical (unpaired) electrons. The zero-order valence-corrected chi connectivity index (χ0v) is 16.0.